The van der Waals surface area contributed by atoms with E-state index in [1.807, 2.05) is 42.5 Å². The van der Waals surface area contributed by atoms with Gasteiger partial charge in [-0.25, -0.2) is 0 Å². The number of rotatable bonds is 18. The number of hydrogen-bond acceptors (Lipinski definition) is 7. The number of aliphatic imine (C=N–C) groups is 1. The molecule has 0 unspecified atom stereocenters. The van der Waals surface area contributed by atoms with Gasteiger partial charge in [-0.3, -0.25) is 33.8 Å². The van der Waals surface area contributed by atoms with E-state index in [-0.39, 0.29) is 57.6 Å². The van der Waals surface area contributed by atoms with Gasteiger partial charge in [0.05, 0.1) is 6.04 Å². The number of nitrogens with one attached hydrogen (secondary N) is 2. The number of piperidine rings is 1. The molecule has 14 nitrogen and oxygen atoms in total. The van der Waals surface area contributed by atoms with Gasteiger partial charge in [0.15, 0.2) is 11.7 Å². The zero-order valence-electron chi connectivity index (χ0n) is 26.7. The Morgan fingerprint density at radius 2 is 1.69 bits per heavy atom. The molecule has 0 radical (unpaired) electrons. The van der Waals surface area contributed by atoms with Crippen molar-refractivity contribution in [2.24, 2.45) is 28.1 Å². The highest BCUT2D eigenvalue weighted by atomic mass is 35.5. The lowest BCUT2D eigenvalue weighted by atomic mass is 9.90. The fourth-order valence-electron chi connectivity index (χ4n) is 5.82. The number of hydrogen-bond donors (Lipinski definition) is 6. The average Bonchev–Trinajstić information content (AvgIpc) is 3.06. The van der Waals surface area contributed by atoms with Crippen LogP contribution in [0.1, 0.15) is 56.9 Å². The molecular formula is C33H44ClN7O7. The van der Waals surface area contributed by atoms with Crippen molar-refractivity contribution >= 4 is 63.7 Å². The number of aliphatic carboxylic acids is 1. The highest BCUT2D eigenvalue weighted by Crippen LogP contribution is 2.22. The Balaban J connectivity index is 1.86. The summed E-state index contributed by atoms with van der Waals surface area (Å²) in [4.78, 5) is 82.2. The standard InChI is InChI=1S/C33H44ClN7O7/c34-19-28(43)39-24(12-13-29(44)45)32(48)41-15-4-3-9-26(41)31(47)40-25(17-20-10-11-21-6-1-2-7-22(21)16-20)27(42)18-23(30(35)46)8-5-14-38-33(36)37/h1-2,6-7,10-11,16,23-26H,3-5,8-9,12-15,17-19H2,(H2,35,46)(H,39,43)(H,40,47)(H,44,45)(H4,36,37,38)/t23-,24+,25+,26+/m1/s1. The molecule has 3 rings (SSSR count). The van der Waals surface area contributed by atoms with Crippen LogP contribution in [0.15, 0.2) is 47.5 Å². The fraction of sp³-hybridized carbons (Fsp3) is 0.485. The molecule has 1 saturated heterocycles. The summed E-state index contributed by atoms with van der Waals surface area (Å²) in [5.41, 5.74) is 17.2. The van der Waals surface area contributed by atoms with Crippen molar-refractivity contribution in [1.29, 1.82) is 0 Å². The lowest BCUT2D eigenvalue weighted by Gasteiger charge is -2.37. The third-order valence-corrected chi connectivity index (χ3v) is 8.55. The van der Waals surface area contributed by atoms with Gasteiger partial charge in [-0.2, -0.15) is 0 Å². The molecule has 48 heavy (non-hydrogen) atoms. The SMILES string of the molecule is NC(=O)[C@H](CCCN=C(N)N)CC(=O)[C@H](Cc1ccc2ccccc2c1)NC(=O)[C@@H]1CCCCN1C(=O)[C@H](CCC(=O)O)NC(=O)CCl. The van der Waals surface area contributed by atoms with Crippen molar-refractivity contribution in [3.63, 3.8) is 0 Å². The monoisotopic (exact) mass is 685 g/mol. The number of carboxylic acid groups (broad SMARTS) is 1. The zero-order chi connectivity index (χ0) is 35.2. The number of likely N-dealkylation sites (tertiary alicyclic amines) is 1. The molecule has 2 aromatic rings. The number of guanidine groups is 1. The molecule has 0 spiro atoms. The van der Waals surface area contributed by atoms with Crippen LogP contribution in [0, 0.1) is 5.92 Å². The molecule has 0 saturated carbocycles. The number of nitrogens with zero attached hydrogens (tertiary/aromatic N) is 2. The summed E-state index contributed by atoms with van der Waals surface area (Å²) in [7, 11) is 0. The normalized spacial score (nSPS) is 16.3. The molecule has 15 heteroatoms. The third-order valence-electron chi connectivity index (χ3n) is 8.30. The van der Waals surface area contributed by atoms with E-state index >= 15 is 0 Å². The van der Waals surface area contributed by atoms with Crippen LogP contribution < -0.4 is 27.8 Å². The van der Waals surface area contributed by atoms with E-state index in [1.54, 1.807) is 0 Å². The summed E-state index contributed by atoms with van der Waals surface area (Å²) < 4.78 is 0. The topological polar surface area (TPSA) is 240 Å². The molecule has 1 aliphatic rings. The summed E-state index contributed by atoms with van der Waals surface area (Å²) in [5.74, 6) is -5.42. The summed E-state index contributed by atoms with van der Waals surface area (Å²) >= 11 is 5.62. The maximum Gasteiger partial charge on any atom is 0.303 e. The van der Waals surface area contributed by atoms with E-state index < -0.39 is 65.3 Å². The Labute approximate surface area is 283 Å². The average molecular weight is 686 g/mol. The highest BCUT2D eigenvalue weighted by Gasteiger charge is 2.38. The number of carbonyl (C=O) groups excluding carboxylic acids is 5. The number of Topliss-reactive ketones (excluding diaryl/α,β-unsaturated/α-hetero) is 1. The smallest absolute Gasteiger partial charge is 0.303 e. The van der Waals surface area contributed by atoms with Crippen LogP contribution in [0.4, 0.5) is 0 Å². The number of carbonyl (C=O) groups is 6. The van der Waals surface area contributed by atoms with Crippen LogP contribution in [0.3, 0.4) is 0 Å². The Morgan fingerprint density at radius 1 is 0.958 bits per heavy atom. The van der Waals surface area contributed by atoms with Crippen molar-refractivity contribution in [2.45, 2.75) is 75.9 Å². The number of primary amides is 1. The molecule has 2 aromatic carbocycles. The second-order valence-corrected chi connectivity index (χ2v) is 12.2. The number of amides is 4. The van der Waals surface area contributed by atoms with Crippen LogP contribution in [-0.2, 0) is 35.2 Å². The first-order chi connectivity index (χ1) is 22.9. The Hall–Kier alpha value is -4.72. The maximum atomic E-state index is 13.9. The number of fused-ring (bicyclic) bond motifs is 1. The van der Waals surface area contributed by atoms with Crippen molar-refractivity contribution in [2.75, 3.05) is 19.0 Å². The van der Waals surface area contributed by atoms with Crippen LogP contribution in [0.5, 0.6) is 0 Å². The van der Waals surface area contributed by atoms with Gasteiger partial charge in [0.25, 0.3) is 0 Å². The van der Waals surface area contributed by atoms with Crippen molar-refractivity contribution in [3.05, 3.63) is 48.0 Å². The first-order valence-electron chi connectivity index (χ1n) is 15.9. The number of carboxylic acids is 1. The number of nitrogens with two attached hydrogens (primary N) is 3. The van der Waals surface area contributed by atoms with E-state index in [0.717, 1.165) is 16.3 Å². The van der Waals surface area contributed by atoms with E-state index in [0.29, 0.717) is 19.3 Å². The molecule has 4 amide bonds. The van der Waals surface area contributed by atoms with Crippen molar-refractivity contribution in [3.8, 4) is 0 Å². The Morgan fingerprint density at radius 3 is 2.35 bits per heavy atom. The Bertz CT molecular complexity index is 1510. The van der Waals surface area contributed by atoms with E-state index in [1.165, 1.54) is 4.90 Å². The van der Waals surface area contributed by atoms with Gasteiger partial charge in [-0.15, -0.1) is 11.6 Å². The highest BCUT2D eigenvalue weighted by molar-refractivity contribution is 6.27. The molecule has 1 aliphatic heterocycles. The summed E-state index contributed by atoms with van der Waals surface area (Å²) in [6.07, 6.45) is 1.46. The third kappa shape index (κ3) is 11.5. The molecule has 0 aliphatic carbocycles. The minimum absolute atomic E-state index is 0.0928. The van der Waals surface area contributed by atoms with E-state index in [2.05, 4.69) is 15.6 Å². The van der Waals surface area contributed by atoms with Crippen LogP contribution in [-0.4, -0.2) is 88.4 Å². The Kier molecular flexibility index (Phi) is 14.6. The van der Waals surface area contributed by atoms with Gasteiger partial charge in [0.1, 0.15) is 18.0 Å². The minimum Gasteiger partial charge on any atom is -0.481 e. The van der Waals surface area contributed by atoms with E-state index in [4.69, 9.17) is 28.8 Å². The second-order valence-electron chi connectivity index (χ2n) is 11.9. The zero-order valence-corrected chi connectivity index (χ0v) is 27.5. The summed E-state index contributed by atoms with van der Waals surface area (Å²) in [5, 5.41) is 16.4. The molecule has 0 bridgehead atoms. The van der Waals surface area contributed by atoms with Gasteiger partial charge in [0, 0.05) is 31.8 Å². The minimum atomic E-state index is -1.20. The second kappa shape index (κ2) is 18.6. The number of benzene rings is 2. The molecule has 1 fully saturated rings. The predicted molar refractivity (Wildman–Crippen MR) is 181 cm³/mol. The first kappa shape index (κ1) is 37.7. The van der Waals surface area contributed by atoms with Gasteiger partial charge in [-0.1, -0.05) is 42.5 Å². The fourth-order valence-corrected chi connectivity index (χ4v) is 5.89. The van der Waals surface area contributed by atoms with Crippen LogP contribution in [0.2, 0.25) is 0 Å². The van der Waals surface area contributed by atoms with E-state index in [9.17, 15) is 33.9 Å². The molecule has 9 N–H and O–H groups in total. The van der Waals surface area contributed by atoms with Crippen molar-refractivity contribution < 1.29 is 33.9 Å². The maximum absolute atomic E-state index is 13.9. The number of ketones is 1. The summed E-state index contributed by atoms with van der Waals surface area (Å²) in [6.45, 7) is 0.446. The lowest BCUT2D eigenvalue weighted by molar-refractivity contribution is -0.146. The largest absolute Gasteiger partial charge is 0.481 e. The van der Waals surface area contributed by atoms with Gasteiger partial charge < -0.3 is 37.8 Å². The van der Waals surface area contributed by atoms with Crippen LogP contribution >= 0.6 is 11.6 Å². The lowest BCUT2D eigenvalue weighted by Crippen LogP contribution is -2.59. The van der Waals surface area contributed by atoms with Crippen molar-refractivity contribution in [1.82, 2.24) is 15.5 Å². The molecule has 1 heterocycles. The molecular weight excluding hydrogens is 642 g/mol. The number of alkyl halides is 1. The predicted octanol–water partition coefficient (Wildman–Crippen LogP) is 0.951. The van der Waals surface area contributed by atoms with Gasteiger partial charge in [0.2, 0.25) is 23.6 Å². The quantitative estimate of drug-likeness (QED) is 0.0566. The number of halogens is 1. The molecule has 260 valence electrons. The van der Waals surface area contributed by atoms with Gasteiger partial charge >= 0.3 is 5.97 Å². The van der Waals surface area contributed by atoms with Crippen LogP contribution in [0.25, 0.3) is 10.8 Å². The first-order valence-corrected chi connectivity index (χ1v) is 16.5. The van der Waals surface area contributed by atoms with Gasteiger partial charge in [-0.05, 0) is 61.3 Å². The molecule has 4 atom stereocenters. The summed E-state index contributed by atoms with van der Waals surface area (Å²) in [6, 6.07) is 10.1. The molecule has 0 aromatic heterocycles.